The number of nitrogens with zero attached hydrogens (tertiary/aromatic N) is 3. The van der Waals surface area contributed by atoms with E-state index in [4.69, 9.17) is 12.2 Å². The third-order valence-corrected chi connectivity index (χ3v) is 5.28. The zero-order chi connectivity index (χ0) is 15.3. The minimum atomic E-state index is -3.60. The summed E-state index contributed by atoms with van der Waals surface area (Å²) in [6.07, 6.45) is 5.99. The Balaban J connectivity index is 3.25. The SMILES string of the molecule is C#CCN(CC)S(=O)(=O)c1c(C)nn(CCCN)c1C. The number of aromatic nitrogens is 2. The van der Waals surface area contributed by atoms with Gasteiger partial charge in [-0.25, -0.2) is 8.42 Å². The Hall–Kier alpha value is -1.36. The van der Waals surface area contributed by atoms with E-state index in [1.807, 2.05) is 0 Å². The molecule has 0 saturated carbocycles. The molecule has 20 heavy (non-hydrogen) atoms. The molecule has 112 valence electrons. The van der Waals surface area contributed by atoms with Crippen LogP contribution in [0.25, 0.3) is 0 Å². The Labute approximate surface area is 121 Å². The molecule has 0 unspecified atom stereocenters. The predicted molar refractivity (Wildman–Crippen MR) is 78.6 cm³/mol. The van der Waals surface area contributed by atoms with E-state index in [1.165, 1.54) is 4.31 Å². The standard InChI is InChI=1S/C13H22N4O2S/c1-5-9-16(6-2)20(18,19)13-11(3)15-17(12(13)4)10-7-8-14/h1H,6-10,14H2,2-4H3. The van der Waals surface area contributed by atoms with E-state index in [0.29, 0.717) is 31.0 Å². The molecule has 1 rings (SSSR count). The van der Waals surface area contributed by atoms with Crippen molar-refractivity contribution in [2.45, 2.75) is 38.6 Å². The van der Waals surface area contributed by atoms with E-state index in [9.17, 15) is 8.42 Å². The van der Waals surface area contributed by atoms with E-state index < -0.39 is 10.0 Å². The van der Waals surface area contributed by atoms with Crippen LogP contribution in [0.3, 0.4) is 0 Å². The van der Waals surface area contributed by atoms with Gasteiger partial charge in [-0.2, -0.15) is 9.40 Å². The Morgan fingerprint density at radius 3 is 2.60 bits per heavy atom. The van der Waals surface area contributed by atoms with Gasteiger partial charge in [0.15, 0.2) is 0 Å². The molecule has 0 radical (unpaired) electrons. The smallest absolute Gasteiger partial charge is 0.247 e. The molecule has 0 fully saturated rings. The first kappa shape index (κ1) is 16.7. The van der Waals surface area contributed by atoms with Crippen LogP contribution in [-0.2, 0) is 16.6 Å². The first-order valence-corrected chi connectivity index (χ1v) is 8.01. The van der Waals surface area contributed by atoms with E-state index >= 15 is 0 Å². The molecule has 2 N–H and O–H groups in total. The maximum Gasteiger partial charge on any atom is 0.247 e. The summed E-state index contributed by atoms with van der Waals surface area (Å²) in [6, 6.07) is 0. The molecule has 0 aromatic carbocycles. The Kier molecular flexibility index (Phi) is 5.74. The molecule has 0 amide bonds. The fraction of sp³-hybridized carbons (Fsp3) is 0.615. The minimum Gasteiger partial charge on any atom is -0.330 e. The summed E-state index contributed by atoms with van der Waals surface area (Å²) in [4.78, 5) is 0.256. The molecule has 0 aliphatic carbocycles. The van der Waals surface area contributed by atoms with Crippen LogP contribution in [0.2, 0.25) is 0 Å². The second-order valence-corrected chi connectivity index (χ2v) is 6.38. The third kappa shape index (κ3) is 3.20. The van der Waals surface area contributed by atoms with Gasteiger partial charge in [0.1, 0.15) is 4.90 Å². The fourth-order valence-corrected chi connectivity index (χ4v) is 3.85. The summed E-state index contributed by atoms with van der Waals surface area (Å²) in [5, 5.41) is 4.29. The van der Waals surface area contributed by atoms with Crippen molar-refractivity contribution < 1.29 is 8.42 Å². The van der Waals surface area contributed by atoms with Gasteiger partial charge in [0.25, 0.3) is 0 Å². The van der Waals surface area contributed by atoms with Gasteiger partial charge in [-0.1, -0.05) is 12.8 Å². The highest BCUT2D eigenvalue weighted by atomic mass is 32.2. The summed E-state index contributed by atoms with van der Waals surface area (Å²) < 4.78 is 28.2. The first-order chi connectivity index (χ1) is 9.39. The van der Waals surface area contributed by atoms with Gasteiger partial charge in [-0.05, 0) is 26.8 Å². The summed E-state index contributed by atoms with van der Waals surface area (Å²) in [6.45, 7) is 6.76. The molecule has 0 spiro atoms. The molecule has 1 aromatic rings. The third-order valence-electron chi connectivity index (χ3n) is 3.11. The van der Waals surface area contributed by atoms with Crippen LogP contribution in [0, 0.1) is 26.2 Å². The number of hydrogen-bond donors (Lipinski definition) is 1. The van der Waals surface area contributed by atoms with Gasteiger partial charge in [0.05, 0.1) is 17.9 Å². The molecule has 1 heterocycles. The lowest BCUT2D eigenvalue weighted by Gasteiger charge is -2.18. The first-order valence-electron chi connectivity index (χ1n) is 6.57. The minimum absolute atomic E-state index is 0.0612. The maximum absolute atomic E-state index is 12.6. The van der Waals surface area contributed by atoms with Crippen molar-refractivity contribution in [1.82, 2.24) is 14.1 Å². The Bertz CT molecular complexity index is 599. The van der Waals surface area contributed by atoms with Gasteiger partial charge in [0.2, 0.25) is 10.0 Å². The molecule has 0 aliphatic heterocycles. The second kappa shape index (κ2) is 6.88. The zero-order valence-electron chi connectivity index (χ0n) is 12.3. The van der Waals surface area contributed by atoms with Crippen molar-refractivity contribution in [3.05, 3.63) is 11.4 Å². The zero-order valence-corrected chi connectivity index (χ0v) is 13.1. The highest BCUT2D eigenvalue weighted by Gasteiger charge is 2.29. The molecule has 6 nitrogen and oxygen atoms in total. The van der Waals surface area contributed by atoms with Crippen LogP contribution in [0.1, 0.15) is 24.7 Å². The van der Waals surface area contributed by atoms with E-state index in [2.05, 4.69) is 11.0 Å². The molecule has 7 heteroatoms. The topological polar surface area (TPSA) is 81.2 Å². The lowest BCUT2D eigenvalue weighted by Crippen LogP contribution is -2.32. The van der Waals surface area contributed by atoms with Crippen molar-refractivity contribution >= 4 is 10.0 Å². The van der Waals surface area contributed by atoms with Crippen molar-refractivity contribution in [3.8, 4) is 12.3 Å². The van der Waals surface area contributed by atoms with Crippen molar-refractivity contribution in [2.24, 2.45) is 5.73 Å². The van der Waals surface area contributed by atoms with Crippen molar-refractivity contribution in [2.75, 3.05) is 19.6 Å². The number of rotatable bonds is 7. The van der Waals surface area contributed by atoms with Crippen molar-refractivity contribution in [3.63, 3.8) is 0 Å². The molecule has 0 saturated heterocycles. The number of aryl methyl sites for hydroxylation is 2. The number of sulfonamides is 1. The van der Waals surface area contributed by atoms with Gasteiger partial charge < -0.3 is 5.73 Å². The predicted octanol–water partition coefficient (Wildman–Crippen LogP) is 0.493. The maximum atomic E-state index is 12.6. The number of hydrogen-bond acceptors (Lipinski definition) is 4. The lowest BCUT2D eigenvalue weighted by atomic mass is 10.4. The summed E-state index contributed by atoms with van der Waals surface area (Å²) >= 11 is 0. The van der Waals surface area contributed by atoms with E-state index in [0.717, 1.165) is 6.42 Å². The van der Waals surface area contributed by atoms with Crippen LogP contribution in [0.5, 0.6) is 0 Å². The highest BCUT2D eigenvalue weighted by Crippen LogP contribution is 2.23. The molecule has 0 aliphatic rings. The number of nitrogens with two attached hydrogens (primary N) is 1. The van der Waals surface area contributed by atoms with Crippen molar-refractivity contribution in [1.29, 1.82) is 0 Å². The summed E-state index contributed by atoms with van der Waals surface area (Å²) in [5.74, 6) is 2.38. The highest BCUT2D eigenvalue weighted by molar-refractivity contribution is 7.89. The van der Waals surface area contributed by atoms with Gasteiger partial charge >= 0.3 is 0 Å². The van der Waals surface area contributed by atoms with Gasteiger partial charge in [-0.3, -0.25) is 4.68 Å². The second-order valence-electron chi connectivity index (χ2n) is 4.50. The van der Waals surface area contributed by atoms with Crippen LogP contribution in [0.4, 0.5) is 0 Å². The van der Waals surface area contributed by atoms with E-state index in [1.54, 1.807) is 25.5 Å². The lowest BCUT2D eigenvalue weighted by molar-refractivity contribution is 0.463. The normalized spacial score (nSPS) is 11.8. The average molecular weight is 298 g/mol. The fourth-order valence-electron chi connectivity index (χ4n) is 2.11. The molecular weight excluding hydrogens is 276 g/mol. The largest absolute Gasteiger partial charge is 0.330 e. The van der Waals surface area contributed by atoms with Crippen LogP contribution < -0.4 is 5.73 Å². The van der Waals surface area contributed by atoms with Gasteiger partial charge in [-0.15, -0.1) is 6.42 Å². The number of terminal acetylenes is 1. The quantitative estimate of drug-likeness (QED) is 0.743. The van der Waals surface area contributed by atoms with Crippen LogP contribution >= 0.6 is 0 Å². The average Bonchev–Trinajstić information content (AvgIpc) is 2.68. The summed E-state index contributed by atoms with van der Waals surface area (Å²) in [7, 11) is -3.60. The van der Waals surface area contributed by atoms with Crippen LogP contribution in [0.15, 0.2) is 4.90 Å². The van der Waals surface area contributed by atoms with Crippen LogP contribution in [-0.4, -0.2) is 42.1 Å². The summed E-state index contributed by atoms with van der Waals surface area (Å²) in [5.41, 5.74) is 6.60. The van der Waals surface area contributed by atoms with Gasteiger partial charge in [0, 0.05) is 13.1 Å². The molecule has 1 aromatic heterocycles. The Morgan fingerprint density at radius 1 is 1.45 bits per heavy atom. The Morgan fingerprint density at radius 2 is 2.10 bits per heavy atom. The molecular formula is C13H22N4O2S. The van der Waals surface area contributed by atoms with E-state index in [-0.39, 0.29) is 11.4 Å². The monoisotopic (exact) mass is 298 g/mol. The molecule has 0 bridgehead atoms. The molecule has 0 atom stereocenters.